The molecule has 2 aromatic carbocycles. The standard InChI is InChI=1S/C22H27N3O2/c1-17-3-6-19(7-4-17)27-15-22(26)9-2-11-25(12-10-22)14-18-5-8-20-21(13-18)24-16-23-20/h3-8,13,16,26H,2,9-12,14-15H2,1H3,(H,23,24)/t22-/m0/s1. The van der Waals surface area contributed by atoms with Crippen LogP contribution in [-0.2, 0) is 6.54 Å². The van der Waals surface area contributed by atoms with Gasteiger partial charge in [-0.2, -0.15) is 0 Å². The number of hydrogen-bond donors (Lipinski definition) is 2. The number of likely N-dealkylation sites (tertiary alicyclic amines) is 1. The summed E-state index contributed by atoms with van der Waals surface area (Å²) in [5.41, 5.74) is 3.79. The molecule has 0 radical (unpaired) electrons. The molecule has 0 saturated carbocycles. The topological polar surface area (TPSA) is 61.4 Å². The third kappa shape index (κ3) is 4.49. The first-order valence-electron chi connectivity index (χ1n) is 9.66. The minimum atomic E-state index is -0.757. The molecule has 1 aromatic heterocycles. The molecular formula is C22H27N3O2. The number of imidazole rings is 1. The number of ether oxygens (including phenoxy) is 1. The van der Waals surface area contributed by atoms with Crippen LogP contribution in [0.2, 0.25) is 0 Å². The van der Waals surface area contributed by atoms with Gasteiger partial charge in [0.05, 0.1) is 23.0 Å². The van der Waals surface area contributed by atoms with E-state index < -0.39 is 5.60 Å². The molecule has 1 saturated heterocycles. The summed E-state index contributed by atoms with van der Waals surface area (Å²) in [6.07, 6.45) is 4.20. The monoisotopic (exact) mass is 365 g/mol. The summed E-state index contributed by atoms with van der Waals surface area (Å²) in [5.74, 6) is 0.822. The molecule has 0 spiro atoms. The molecule has 0 bridgehead atoms. The lowest BCUT2D eigenvalue weighted by molar-refractivity contribution is -0.0168. The molecule has 0 unspecified atom stereocenters. The first-order chi connectivity index (χ1) is 13.1. The molecule has 1 fully saturated rings. The van der Waals surface area contributed by atoms with E-state index in [1.54, 1.807) is 6.33 Å². The Balaban J connectivity index is 1.34. The second kappa shape index (κ2) is 7.71. The van der Waals surface area contributed by atoms with Gasteiger partial charge in [-0.05, 0) is 62.6 Å². The first-order valence-corrected chi connectivity index (χ1v) is 9.66. The van der Waals surface area contributed by atoms with Crippen LogP contribution in [0.1, 0.15) is 30.4 Å². The predicted octanol–water partition coefficient (Wildman–Crippen LogP) is 3.67. The quantitative estimate of drug-likeness (QED) is 0.724. The molecule has 4 rings (SSSR count). The molecule has 0 aliphatic carbocycles. The Kier molecular flexibility index (Phi) is 5.14. The van der Waals surface area contributed by atoms with Gasteiger partial charge in [0.2, 0.25) is 0 Å². The van der Waals surface area contributed by atoms with E-state index in [2.05, 4.69) is 40.0 Å². The summed E-state index contributed by atoms with van der Waals surface area (Å²) in [4.78, 5) is 9.86. The van der Waals surface area contributed by atoms with Crippen molar-refractivity contribution in [3.05, 3.63) is 59.9 Å². The van der Waals surface area contributed by atoms with Crippen LogP contribution >= 0.6 is 0 Å². The van der Waals surface area contributed by atoms with Crippen molar-refractivity contribution < 1.29 is 9.84 Å². The Morgan fingerprint density at radius 2 is 2.00 bits per heavy atom. The van der Waals surface area contributed by atoms with Crippen molar-refractivity contribution in [2.24, 2.45) is 0 Å². The van der Waals surface area contributed by atoms with Crippen LogP contribution in [0.25, 0.3) is 11.0 Å². The lowest BCUT2D eigenvalue weighted by Crippen LogP contribution is -2.37. The number of H-pyrrole nitrogens is 1. The molecule has 1 aliphatic heterocycles. The third-order valence-corrected chi connectivity index (χ3v) is 5.43. The minimum absolute atomic E-state index is 0.351. The van der Waals surface area contributed by atoms with Gasteiger partial charge in [0.25, 0.3) is 0 Å². The van der Waals surface area contributed by atoms with Crippen LogP contribution in [0.15, 0.2) is 48.8 Å². The number of aromatic amines is 1. The molecule has 1 atom stereocenters. The lowest BCUT2D eigenvalue weighted by Gasteiger charge is -2.27. The zero-order chi connectivity index (χ0) is 18.7. The van der Waals surface area contributed by atoms with E-state index in [-0.39, 0.29) is 0 Å². The number of aryl methyl sites for hydroxylation is 1. The Bertz CT molecular complexity index is 890. The van der Waals surface area contributed by atoms with Gasteiger partial charge in [-0.25, -0.2) is 4.98 Å². The molecule has 3 aromatic rings. The summed E-state index contributed by atoms with van der Waals surface area (Å²) in [6.45, 7) is 5.16. The summed E-state index contributed by atoms with van der Waals surface area (Å²) in [7, 11) is 0. The number of fused-ring (bicyclic) bond motifs is 1. The number of nitrogens with one attached hydrogen (secondary N) is 1. The van der Waals surface area contributed by atoms with Gasteiger partial charge in [-0.1, -0.05) is 23.8 Å². The third-order valence-electron chi connectivity index (χ3n) is 5.43. The van der Waals surface area contributed by atoms with Crippen molar-refractivity contribution in [3.63, 3.8) is 0 Å². The van der Waals surface area contributed by atoms with Crippen LogP contribution in [0.3, 0.4) is 0 Å². The van der Waals surface area contributed by atoms with Crippen LogP contribution < -0.4 is 4.74 Å². The second-order valence-electron chi connectivity index (χ2n) is 7.71. The van der Waals surface area contributed by atoms with Gasteiger partial charge in [0, 0.05) is 13.1 Å². The largest absolute Gasteiger partial charge is 0.491 e. The molecule has 5 heteroatoms. The SMILES string of the molecule is Cc1ccc(OC[C@]2(O)CCCN(Cc3ccc4nc[nH]c4c3)CC2)cc1. The zero-order valence-corrected chi connectivity index (χ0v) is 15.8. The maximum Gasteiger partial charge on any atom is 0.119 e. The van der Waals surface area contributed by atoms with Crippen LogP contribution in [0, 0.1) is 6.92 Å². The van der Waals surface area contributed by atoms with Gasteiger partial charge in [0.1, 0.15) is 12.4 Å². The summed E-state index contributed by atoms with van der Waals surface area (Å²) in [5, 5.41) is 11.0. The van der Waals surface area contributed by atoms with Crippen molar-refractivity contribution in [3.8, 4) is 5.75 Å². The highest BCUT2D eigenvalue weighted by atomic mass is 16.5. The maximum atomic E-state index is 11.0. The highest BCUT2D eigenvalue weighted by Crippen LogP contribution is 2.25. The number of hydrogen-bond acceptors (Lipinski definition) is 4. The number of benzene rings is 2. The van der Waals surface area contributed by atoms with Crippen molar-refractivity contribution >= 4 is 11.0 Å². The van der Waals surface area contributed by atoms with Crippen molar-refractivity contribution in [1.29, 1.82) is 0 Å². The number of nitrogens with zero attached hydrogens (tertiary/aromatic N) is 2. The summed E-state index contributed by atoms with van der Waals surface area (Å²) in [6, 6.07) is 14.4. The van der Waals surface area contributed by atoms with E-state index in [0.717, 1.165) is 55.7 Å². The van der Waals surface area contributed by atoms with E-state index in [9.17, 15) is 5.11 Å². The Labute approximate surface area is 160 Å². The van der Waals surface area contributed by atoms with E-state index in [0.29, 0.717) is 6.61 Å². The zero-order valence-electron chi connectivity index (χ0n) is 15.8. The van der Waals surface area contributed by atoms with E-state index >= 15 is 0 Å². The molecule has 1 aliphatic rings. The highest BCUT2D eigenvalue weighted by Gasteiger charge is 2.31. The molecule has 5 nitrogen and oxygen atoms in total. The van der Waals surface area contributed by atoms with Gasteiger partial charge >= 0.3 is 0 Å². The summed E-state index contributed by atoms with van der Waals surface area (Å²) >= 11 is 0. The van der Waals surface area contributed by atoms with Crippen molar-refractivity contribution in [2.45, 2.75) is 38.3 Å². The fraction of sp³-hybridized carbons (Fsp3) is 0.409. The second-order valence-corrected chi connectivity index (χ2v) is 7.71. The fourth-order valence-corrected chi connectivity index (χ4v) is 3.73. The molecule has 27 heavy (non-hydrogen) atoms. The maximum absolute atomic E-state index is 11.0. The van der Waals surface area contributed by atoms with Gasteiger partial charge < -0.3 is 14.8 Å². The highest BCUT2D eigenvalue weighted by molar-refractivity contribution is 5.74. The smallest absolute Gasteiger partial charge is 0.119 e. The van der Waals surface area contributed by atoms with Gasteiger partial charge in [-0.15, -0.1) is 0 Å². The molecule has 2 heterocycles. The number of aliphatic hydroxyl groups is 1. The molecular weight excluding hydrogens is 338 g/mol. The minimum Gasteiger partial charge on any atom is -0.491 e. The Morgan fingerprint density at radius 3 is 2.85 bits per heavy atom. The van der Waals surface area contributed by atoms with Crippen LogP contribution in [-0.4, -0.2) is 45.3 Å². The van der Waals surface area contributed by atoms with Gasteiger partial charge in [0.15, 0.2) is 0 Å². The molecule has 0 amide bonds. The summed E-state index contributed by atoms with van der Waals surface area (Å²) < 4.78 is 5.87. The van der Waals surface area contributed by atoms with E-state index in [4.69, 9.17) is 4.74 Å². The lowest BCUT2D eigenvalue weighted by atomic mass is 9.96. The van der Waals surface area contributed by atoms with Crippen molar-refractivity contribution in [2.75, 3.05) is 19.7 Å². The molecule has 2 N–H and O–H groups in total. The predicted molar refractivity (Wildman–Crippen MR) is 107 cm³/mol. The van der Waals surface area contributed by atoms with Crippen LogP contribution in [0.4, 0.5) is 0 Å². The average molecular weight is 365 g/mol. The van der Waals surface area contributed by atoms with Gasteiger partial charge in [-0.3, -0.25) is 4.90 Å². The average Bonchev–Trinajstić information content (AvgIpc) is 3.05. The Morgan fingerprint density at radius 1 is 1.15 bits per heavy atom. The van der Waals surface area contributed by atoms with E-state index in [1.807, 2.05) is 24.3 Å². The van der Waals surface area contributed by atoms with Crippen LogP contribution in [0.5, 0.6) is 5.75 Å². The fourth-order valence-electron chi connectivity index (χ4n) is 3.73. The molecule has 142 valence electrons. The first kappa shape index (κ1) is 18.0. The number of aromatic nitrogens is 2. The van der Waals surface area contributed by atoms with E-state index in [1.165, 1.54) is 11.1 Å². The normalized spacial score (nSPS) is 21.3. The van der Waals surface area contributed by atoms with Crippen molar-refractivity contribution in [1.82, 2.24) is 14.9 Å². The number of rotatable bonds is 5. The Hall–Kier alpha value is -2.37.